The first-order valence-electron chi connectivity index (χ1n) is 7.53. The van der Waals surface area contributed by atoms with Gasteiger partial charge in [-0.3, -0.25) is 4.79 Å². The lowest BCUT2D eigenvalue weighted by Gasteiger charge is -2.16. The van der Waals surface area contributed by atoms with Crippen LogP contribution in [0.5, 0.6) is 5.75 Å². The van der Waals surface area contributed by atoms with E-state index in [1.165, 1.54) is 5.56 Å². The monoisotopic (exact) mass is 312 g/mol. The minimum absolute atomic E-state index is 0.104. The van der Waals surface area contributed by atoms with Crippen molar-refractivity contribution in [2.45, 2.75) is 39.3 Å². The number of nitrogens with one attached hydrogen (secondary N) is 1. The lowest BCUT2D eigenvalue weighted by molar-refractivity contribution is 0.0945. The summed E-state index contributed by atoms with van der Waals surface area (Å²) in [6, 6.07) is 7.60. The zero-order valence-corrected chi connectivity index (χ0v) is 13.5. The highest BCUT2D eigenvalue weighted by molar-refractivity contribution is 5.92. The number of carbonyl (C=O) groups is 1. The molecule has 0 atom stereocenters. The van der Waals surface area contributed by atoms with Gasteiger partial charge in [0.15, 0.2) is 0 Å². The minimum Gasteiger partial charge on any atom is -0.487 e. The van der Waals surface area contributed by atoms with Crippen LogP contribution in [0.1, 0.15) is 41.2 Å². The first-order chi connectivity index (χ1) is 10.8. The first-order valence-corrected chi connectivity index (χ1v) is 7.53. The SMILES string of the molecule is Cc1cc(C(=O)NCc2ccc3c(c2)CC(C)(C)O3)nc(N)n1. The number of ether oxygens (including phenoxy) is 1. The molecule has 0 saturated carbocycles. The number of aromatic nitrogens is 2. The summed E-state index contributed by atoms with van der Waals surface area (Å²) in [5.74, 6) is 0.760. The number of amides is 1. The molecule has 120 valence electrons. The van der Waals surface area contributed by atoms with Crippen molar-refractivity contribution in [2.75, 3.05) is 5.73 Å². The lowest BCUT2D eigenvalue weighted by Crippen LogP contribution is -2.25. The Bertz CT molecular complexity index is 751. The fraction of sp³-hybridized carbons (Fsp3) is 0.353. The molecule has 1 aromatic carbocycles. The molecule has 1 aliphatic rings. The number of anilines is 1. The molecule has 1 aromatic heterocycles. The van der Waals surface area contributed by atoms with Crippen LogP contribution in [-0.2, 0) is 13.0 Å². The number of nitrogen functional groups attached to an aromatic ring is 1. The normalized spacial score (nSPS) is 14.9. The van der Waals surface area contributed by atoms with Gasteiger partial charge in [-0.15, -0.1) is 0 Å². The Morgan fingerprint density at radius 3 is 2.87 bits per heavy atom. The molecule has 0 fully saturated rings. The summed E-state index contributed by atoms with van der Waals surface area (Å²) in [7, 11) is 0. The number of fused-ring (bicyclic) bond motifs is 1. The van der Waals surface area contributed by atoms with Gasteiger partial charge >= 0.3 is 0 Å². The van der Waals surface area contributed by atoms with Crippen LogP contribution < -0.4 is 15.8 Å². The van der Waals surface area contributed by atoms with Gasteiger partial charge in [-0.2, -0.15) is 0 Å². The second-order valence-electron chi connectivity index (χ2n) is 6.42. The molecule has 1 aliphatic heterocycles. The molecule has 6 nitrogen and oxygen atoms in total. The summed E-state index contributed by atoms with van der Waals surface area (Å²) >= 11 is 0. The third-order valence-corrected chi connectivity index (χ3v) is 3.68. The summed E-state index contributed by atoms with van der Waals surface area (Å²) in [5, 5.41) is 2.86. The first kappa shape index (κ1) is 15.3. The van der Waals surface area contributed by atoms with Crippen LogP contribution in [0.2, 0.25) is 0 Å². The van der Waals surface area contributed by atoms with Crippen molar-refractivity contribution in [3.8, 4) is 5.75 Å². The van der Waals surface area contributed by atoms with Gasteiger partial charge in [-0.25, -0.2) is 9.97 Å². The van der Waals surface area contributed by atoms with E-state index in [0.717, 1.165) is 17.7 Å². The molecule has 3 rings (SSSR count). The predicted molar refractivity (Wildman–Crippen MR) is 87.2 cm³/mol. The van der Waals surface area contributed by atoms with E-state index in [9.17, 15) is 4.79 Å². The van der Waals surface area contributed by atoms with Crippen molar-refractivity contribution in [1.29, 1.82) is 0 Å². The maximum absolute atomic E-state index is 12.2. The molecule has 0 radical (unpaired) electrons. The fourth-order valence-electron chi connectivity index (χ4n) is 2.75. The Morgan fingerprint density at radius 2 is 2.13 bits per heavy atom. The fourth-order valence-corrected chi connectivity index (χ4v) is 2.75. The average Bonchev–Trinajstić information content (AvgIpc) is 2.76. The number of hydrogen-bond acceptors (Lipinski definition) is 5. The molecule has 0 unspecified atom stereocenters. The van der Waals surface area contributed by atoms with Crippen molar-refractivity contribution in [1.82, 2.24) is 15.3 Å². The largest absolute Gasteiger partial charge is 0.487 e. The maximum atomic E-state index is 12.2. The van der Waals surface area contributed by atoms with Crippen LogP contribution in [-0.4, -0.2) is 21.5 Å². The number of carbonyl (C=O) groups excluding carboxylic acids is 1. The van der Waals surface area contributed by atoms with Crippen LogP contribution >= 0.6 is 0 Å². The molecule has 2 heterocycles. The molecule has 0 aliphatic carbocycles. The van der Waals surface area contributed by atoms with Crippen molar-refractivity contribution < 1.29 is 9.53 Å². The second-order valence-corrected chi connectivity index (χ2v) is 6.42. The van der Waals surface area contributed by atoms with E-state index >= 15 is 0 Å². The van der Waals surface area contributed by atoms with Gasteiger partial charge in [0.1, 0.15) is 17.0 Å². The number of benzene rings is 1. The van der Waals surface area contributed by atoms with Gasteiger partial charge in [-0.05, 0) is 44.0 Å². The Hall–Kier alpha value is -2.63. The lowest BCUT2D eigenvalue weighted by atomic mass is 10.0. The zero-order valence-electron chi connectivity index (χ0n) is 13.5. The van der Waals surface area contributed by atoms with Crippen molar-refractivity contribution in [3.05, 3.63) is 46.8 Å². The predicted octanol–water partition coefficient (Wildman–Crippen LogP) is 2.01. The van der Waals surface area contributed by atoms with Crippen LogP contribution in [0.15, 0.2) is 24.3 Å². The van der Waals surface area contributed by atoms with Gasteiger partial charge in [0.05, 0.1) is 0 Å². The van der Waals surface area contributed by atoms with Crippen LogP contribution in [0.4, 0.5) is 5.95 Å². The van der Waals surface area contributed by atoms with E-state index in [2.05, 4.69) is 35.2 Å². The Morgan fingerprint density at radius 1 is 1.35 bits per heavy atom. The minimum atomic E-state index is -0.265. The van der Waals surface area contributed by atoms with Crippen molar-refractivity contribution in [3.63, 3.8) is 0 Å². The molecule has 3 N–H and O–H groups in total. The van der Waals surface area contributed by atoms with Crippen LogP contribution in [0.25, 0.3) is 0 Å². The number of rotatable bonds is 3. The number of hydrogen-bond donors (Lipinski definition) is 2. The highest BCUT2D eigenvalue weighted by Crippen LogP contribution is 2.35. The number of nitrogens with two attached hydrogens (primary N) is 1. The third-order valence-electron chi connectivity index (χ3n) is 3.68. The molecular formula is C17H20N4O2. The van der Waals surface area contributed by atoms with Crippen molar-refractivity contribution in [2.24, 2.45) is 0 Å². The summed E-state index contributed by atoms with van der Waals surface area (Å²) in [5.41, 5.74) is 8.55. The second kappa shape index (κ2) is 5.53. The molecule has 23 heavy (non-hydrogen) atoms. The van der Waals surface area contributed by atoms with Crippen LogP contribution in [0, 0.1) is 6.92 Å². The van der Waals surface area contributed by atoms with E-state index in [0.29, 0.717) is 12.2 Å². The van der Waals surface area contributed by atoms with Gasteiger partial charge in [0.2, 0.25) is 5.95 Å². The van der Waals surface area contributed by atoms with E-state index in [1.807, 2.05) is 12.1 Å². The van der Waals surface area contributed by atoms with E-state index in [1.54, 1.807) is 13.0 Å². The van der Waals surface area contributed by atoms with Gasteiger partial charge in [-0.1, -0.05) is 12.1 Å². The molecule has 2 aromatic rings. The van der Waals surface area contributed by atoms with Gasteiger partial charge < -0.3 is 15.8 Å². The van der Waals surface area contributed by atoms with Gasteiger partial charge in [0.25, 0.3) is 5.91 Å². The standard InChI is InChI=1S/C17H20N4O2/c1-10-6-13(21-16(18)20-10)15(22)19-9-11-4-5-14-12(7-11)8-17(2,3)23-14/h4-7H,8-9H2,1-3H3,(H,19,22)(H2,18,20,21). The summed E-state index contributed by atoms with van der Waals surface area (Å²) < 4.78 is 5.85. The number of aryl methyl sites for hydroxylation is 1. The summed E-state index contributed by atoms with van der Waals surface area (Å²) in [4.78, 5) is 20.1. The zero-order chi connectivity index (χ0) is 16.6. The molecule has 0 saturated heterocycles. The Labute approximate surface area is 135 Å². The van der Waals surface area contributed by atoms with E-state index in [-0.39, 0.29) is 23.2 Å². The third kappa shape index (κ3) is 3.41. The highest BCUT2D eigenvalue weighted by atomic mass is 16.5. The smallest absolute Gasteiger partial charge is 0.270 e. The average molecular weight is 312 g/mol. The number of nitrogens with zero attached hydrogens (tertiary/aromatic N) is 2. The quantitative estimate of drug-likeness (QED) is 0.905. The molecule has 0 spiro atoms. The topological polar surface area (TPSA) is 90.1 Å². The molecular weight excluding hydrogens is 292 g/mol. The molecule has 0 bridgehead atoms. The van der Waals surface area contributed by atoms with E-state index in [4.69, 9.17) is 10.5 Å². The van der Waals surface area contributed by atoms with E-state index < -0.39 is 0 Å². The highest BCUT2D eigenvalue weighted by Gasteiger charge is 2.29. The Balaban J connectivity index is 1.68. The maximum Gasteiger partial charge on any atom is 0.270 e. The molecule has 6 heteroatoms. The Kier molecular flexibility index (Phi) is 3.67. The van der Waals surface area contributed by atoms with Gasteiger partial charge in [0, 0.05) is 18.7 Å². The summed E-state index contributed by atoms with van der Waals surface area (Å²) in [6.45, 7) is 6.33. The summed E-state index contributed by atoms with van der Waals surface area (Å²) in [6.07, 6.45) is 0.867. The van der Waals surface area contributed by atoms with Crippen LogP contribution in [0.3, 0.4) is 0 Å². The molecule has 1 amide bonds. The van der Waals surface area contributed by atoms with Crippen molar-refractivity contribution >= 4 is 11.9 Å².